The number of aliphatic hydroxyl groups excluding tert-OH is 1. The molecule has 1 fully saturated rings. The molecule has 0 bridgehead atoms. The van der Waals surface area contributed by atoms with Crippen LogP contribution in [0, 0.1) is 5.92 Å². The predicted molar refractivity (Wildman–Crippen MR) is 138 cm³/mol. The fourth-order valence-electron chi connectivity index (χ4n) is 5.17. The highest BCUT2D eigenvalue weighted by Crippen LogP contribution is 2.41. The summed E-state index contributed by atoms with van der Waals surface area (Å²) in [6, 6.07) is 15.7. The zero-order valence-corrected chi connectivity index (χ0v) is 20.8. The largest absolute Gasteiger partial charge is 0.396 e. The molecule has 0 radical (unpaired) electrons. The first-order chi connectivity index (χ1) is 16.8. The maximum Gasteiger partial charge on any atom is 0.244 e. The molecule has 2 atom stereocenters. The van der Waals surface area contributed by atoms with Gasteiger partial charge in [-0.05, 0) is 38.8 Å². The monoisotopic (exact) mass is 493 g/mol. The second-order valence-corrected chi connectivity index (χ2v) is 11.9. The predicted octanol–water partition coefficient (Wildman–Crippen LogP) is 4.46. The molecule has 0 aliphatic heterocycles. The van der Waals surface area contributed by atoms with Gasteiger partial charge >= 0.3 is 0 Å². The van der Waals surface area contributed by atoms with Gasteiger partial charge in [0, 0.05) is 29.7 Å². The standard InChI is InChI=1S/C26H31N5O3S/c1-17(2)35(33,34)31-23-14-19(12-13-21(23)29-26(31)27)25-24(18-8-4-3-5-9-18)28-16-30(25)22-11-7-6-10-20(22)15-32/h3-5,8-9,12-14,16-17,20,22,32H,6-7,10-11,15H2,1-2H3,(H2,27,29)/t20-,22+/m0/s1. The first-order valence-corrected chi connectivity index (χ1v) is 13.6. The van der Waals surface area contributed by atoms with Gasteiger partial charge in [-0.3, -0.25) is 0 Å². The van der Waals surface area contributed by atoms with Crippen LogP contribution in [-0.2, 0) is 10.0 Å². The lowest BCUT2D eigenvalue weighted by atomic mass is 9.84. The van der Waals surface area contributed by atoms with Gasteiger partial charge in [0.05, 0.1) is 34.0 Å². The van der Waals surface area contributed by atoms with Crippen molar-refractivity contribution < 1.29 is 13.5 Å². The van der Waals surface area contributed by atoms with E-state index in [0.29, 0.717) is 11.0 Å². The molecule has 1 aliphatic carbocycles. The zero-order valence-electron chi connectivity index (χ0n) is 20.0. The van der Waals surface area contributed by atoms with E-state index in [0.717, 1.165) is 52.2 Å². The number of hydrogen-bond donors (Lipinski definition) is 2. The summed E-state index contributed by atoms with van der Waals surface area (Å²) >= 11 is 0. The lowest BCUT2D eigenvalue weighted by Crippen LogP contribution is -2.26. The van der Waals surface area contributed by atoms with Gasteiger partial charge in [-0.15, -0.1) is 0 Å². The summed E-state index contributed by atoms with van der Waals surface area (Å²) in [4.78, 5) is 9.12. The van der Waals surface area contributed by atoms with Gasteiger partial charge in [-0.2, -0.15) is 0 Å². The number of imidazole rings is 2. The molecule has 1 aliphatic rings. The van der Waals surface area contributed by atoms with E-state index in [9.17, 15) is 13.5 Å². The Balaban J connectivity index is 1.75. The van der Waals surface area contributed by atoms with Crippen LogP contribution in [0.1, 0.15) is 45.6 Å². The van der Waals surface area contributed by atoms with E-state index in [2.05, 4.69) is 9.55 Å². The van der Waals surface area contributed by atoms with E-state index in [1.165, 1.54) is 0 Å². The fraction of sp³-hybridized carbons (Fsp3) is 0.385. The van der Waals surface area contributed by atoms with Gasteiger partial charge in [0.2, 0.25) is 16.0 Å². The Morgan fingerprint density at radius 2 is 1.83 bits per heavy atom. The number of aliphatic hydroxyl groups is 1. The minimum absolute atomic E-state index is 0.0461. The van der Waals surface area contributed by atoms with E-state index < -0.39 is 15.3 Å². The van der Waals surface area contributed by atoms with Crippen molar-refractivity contribution in [3.8, 4) is 22.5 Å². The van der Waals surface area contributed by atoms with Crippen molar-refractivity contribution >= 4 is 27.0 Å². The molecule has 0 amide bonds. The molecule has 1 saturated carbocycles. The number of anilines is 1. The molecule has 3 N–H and O–H groups in total. The van der Waals surface area contributed by atoms with E-state index in [4.69, 9.17) is 10.7 Å². The first kappa shape index (κ1) is 23.6. The number of fused-ring (bicyclic) bond motifs is 1. The molecular formula is C26H31N5O3S. The second kappa shape index (κ2) is 9.13. The summed E-state index contributed by atoms with van der Waals surface area (Å²) in [5, 5.41) is 9.45. The fourth-order valence-corrected chi connectivity index (χ4v) is 6.31. The van der Waals surface area contributed by atoms with Crippen molar-refractivity contribution in [3.63, 3.8) is 0 Å². The molecule has 8 nitrogen and oxygen atoms in total. The van der Waals surface area contributed by atoms with Crippen molar-refractivity contribution in [1.82, 2.24) is 18.5 Å². The molecule has 2 heterocycles. The van der Waals surface area contributed by atoms with Crippen LogP contribution in [0.4, 0.5) is 5.95 Å². The van der Waals surface area contributed by atoms with Crippen LogP contribution in [0.25, 0.3) is 33.5 Å². The lowest BCUT2D eigenvalue weighted by molar-refractivity contribution is 0.139. The Morgan fingerprint density at radius 3 is 2.54 bits per heavy atom. The second-order valence-electron chi connectivity index (χ2n) is 9.54. The van der Waals surface area contributed by atoms with Crippen molar-refractivity contribution in [1.29, 1.82) is 0 Å². The Morgan fingerprint density at radius 1 is 1.09 bits per heavy atom. The molecule has 35 heavy (non-hydrogen) atoms. The highest BCUT2D eigenvalue weighted by Gasteiger charge is 2.30. The van der Waals surface area contributed by atoms with Crippen molar-refractivity contribution in [2.24, 2.45) is 5.92 Å². The smallest absolute Gasteiger partial charge is 0.244 e. The SMILES string of the molecule is CC(C)S(=O)(=O)n1c(N)nc2ccc(-c3c(-c4ccccc4)ncn3[C@@H]3CCCC[C@H]3CO)cc21. The Hall–Kier alpha value is -3.17. The zero-order chi connectivity index (χ0) is 24.7. The summed E-state index contributed by atoms with van der Waals surface area (Å²) in [5.74, 6) is 0.0989. The lowest BCUT2D eigenvalue weighted by Gasteiger charge is -2.32. The average molecular weight is 494 g/mol. The van der Waals surface area contributed by atoms with Gasteiger partial charge in [0.1, 0.15) is 0 Å². The topological polar surface area (TPSA) is 116 Å². The normalized spacial score (nSPS) is 19.0. The van der Waals surface area contributed by atoms with Crippen LogP contribution >= 0.6 is 0 Å². The van der Waals surface area contributed by atoms with E-state index >= 15 is 0 Å². The summed E-state index contributed by atoms with van der Waals surface area (Å²) < 4.78 is 29.5. The number of hydrogen-bond acceptors (Lipinski definition) is 6. The molecule has 0 spiro atoms. The molecule has 2 aromatic heterocycles. The average Bonchev–Trinajstić information content (AvgIpc) is 3.44. The highest BCUT2D eigenvalue weighted by atomic mass is 32.2. The van der Waals surface area contributed by atoms with Crippen LogP contribution in [0.15, 0.2) is 54.9 Å². The van der Waals surface area contributed by atoms with Crippen LogP contribution in [0.3, 0.4) is 0 Å². The molecule has 9 heteroatoms. The van der Waals surface area contributed by atoms with Gasteiger partial charge in [0.15, 0.2) is 0 Å². The van der Waals surface area contributed by atoms with Gasteiger partial charge < -0.3 is 15.4 Å². The van der Waals surface area contributed by atoms with Crippen molar-refractivity contribution in [2.45, 2.75) is 50.8 Å². The summed E-state index contributed by atoms with van der Waals surface area (Å²) in [6.07, 6.45) is 5.98. The van der Waals surface area contributed by atoms with Gasteiger partial charge in [-0.25, -0.2) is 22.4 Å². The summed E-state index contributed by atoms with van der Waals surface area (Å²) in [6.45, 7) is 3.38. The van der Waals surface area contributed by atoms with Crippen molar-refractivity contribution in [2.75, 3.05) is 12.3 Å². The molecule has 4 aromatic rings. The third-order valence-electron chi connectivity index (χ3n) is 7.06. The minimum Gasteiger partial charge on any atom is -0.396 e. The van der Waals surface area contributed by atoms with E-state index in [-0.39, 0.29) is 24.5 Å². The molecule has 0 saturated heterocycles. The Kier molecular flexibility index (Phi) is 6.14. The van der Waals surface area contributed by atoms with E-state index in [1.807, 2.05) is 54.9 Å². The number of aromatic nitrogens is 4. The third-order valence-corrected chi connectivity index (χ3v) is 9.15. The number of nitrogens with zero attached hydrogens (tertiary/aromatic N) is 4. The molecular weight excluding hydrogens is 462 g/mol. The van der Waals surface area contributed by atoms with Gasteiger partial charge in [0.25, 0.3) is 0 Å². The first-order valence-electron chi connectivity index (χ1n) is 12.1. The number of benzene rings is 2. The maximum atomic E-state index is 13.1. The number of rotatable bonds is 6. The number of nitrogen functional groups attached to an aromatic ring is 1. The van der Waals surface area contributed by atoms with Gasteiger partial charge in [-0.1, -0.05) is 49.2 Å². The third kappa shape index (κ3) is 4.02. The van der Waals surface area contributed by atoms with Crippen LogP contribution < -0.4 is 5.73 Å². The van der Waals surface area contributed by atoms with Crippen LogP contribution in [0.5, 0.6) is 0 Å². The molecule has 0 unspecified atom stereocenters. The van der Waals surface area contributed by atoms with Crippen LogP contribution in [0.2, 0.25) is 0 Å². The molecule has 5 rings (SSSR count). The maximum absolute atomic E-state index is 13.1. The summed E-state index contributed by atoms with van der Waals surface area (Å²) in [5.41, 5.74) is 10.6. The summed E-state index contributed by atoms with van der Waals surface area (Å²) in [7, 11) is -3.71. The highest BCUT2D eigenvalue weighted by molar-refractivity contribution is 7.90. The minimum atomic E-state index is -3.71. The quantitative estimate of drug-likeness (QED) is 0.410. The Bertz CT molecular complexity index is 1460. The van der Waals surface area contributed by atoms with E-state index in [1.54, 1.807) is 13.8 Å². The van der Waals surface area contributed by atoms with Crippen molar-refractivity contribution in [3.05, 3.63) is 54.9 Å². The number of nitrogens with two attached hydrogens (primary N) is 1. The molecule has 184 valence electrons. The Labute approximate surface area is 205 Å². The molecule has 2 aromatic carbocycles. The van der Waals surface area contributed by atoms with Crippen LogP contribution in [-0.4, -0.2) is 43.9 Å².